The van der Waals surface area contributed by atoms with E-state index in [1.807, 2.05) is 0 Å². The first-order chi connectivity index (χ1) is 9.69. The molecule has 0 heterocycles. The number of hydrogen-bond donors (Lipinski definition) is 0. The Bertz CT molecular complexity index is 293. The van der Waals surface area contributed by atoms with Gasteiger partial charge in [-0.2, -0.15) is 0 Å². The zero-order chi connectivity index (χ0) is 16.0. The minimum Gasteiger partial charge on any atom is -0.454 e. The summed E-state index contributed by atoms with van der Waals surface area (Å²) in [4.78, 5) is 0. The van der Waals surface area contributed by atoms with Gasteiger partial charge in [-0.05, 0) is 33.2 Å². The lowest BCUT2D eigenvalue weighted by Crippen LogP contribution is -2.58. The molecule has 0 spiro atoms. The smallest absolute Gasteiger partial charge is 0.187 e. The molecular weight excluding hydrogens is 288 g/mol. The van der Waals surface area contributed by atoms with Crippen LogP contribution in [-0.4, -0.2) is 16.6 Å². The SMILES string of the molecule is CC(C)[Si](O[Si](C(C)C)(C(C)C)C1CC1)(C(C)C)C1CC1. The summed E-state index contributed by atoms with van der Waals surface area (Å²) < 4.78 is 7.60. The Labute approximate surface area is 135 Å². The van der Waals surface area contributed by atoms with E-state index >= 15 is 0 Å². The second-order valence-corrected chi connectivity index (χ2v) is 19.5. The monoisotopic (exact) mass is 326 g/mol. The molecule has 0 saturated heterocycles. The van der Waals surface area contributed by atoms with Gasteiger partial charge in [0, 0.05) is 0 Å². The highest BCUT2D eigenvalue weighted by atomic mass is 28.4. The van der Waals surface area contributed by atoms with Crippen molar-refractivity contribution in [2.75, 3.05) is 0 Å². The van der Waals surface area contributed by atoms with E-state index in [0.29, 0.717) is 0 Å². The summed E-state index contributed by atoms with van der Waals surface area (Å²) in [5.41, 5.74) is 5.00. The fraction of sp³-hybridized carbons (Fsp3) is 1.00. The van der Waals surface area contributed by atoms with Gasteiger partial charge < -0.3 is 4.12 Å². The van der Waals surface area contributed by atoms with Crippen molar-refractivity contribution >= 4 is 16.6 Å². The fourth-order valence-electron chi connectivity index (χ4n) is 5.23. The molecule has 0 amide bonds. The van der Waals surface area contributed by atoms with Crippen molar-refractivity contribution in [3.63, 3.8) is 0 Å². The van der Waals surface area contributed by atoms with Gasteiger partial charge in [-0.1, -0.05) is 81.1 Å². The highest BCUT2D eigenvalue weighted by molar-refractivity contribution is 6.91. The van der Waals surface area contributed by atoms with Crippen LogP contribution in [0, 0.1) is 0 Å². The maximum atomic E-state index is 7.60. The minimum absolute atomic E-state index is 0.771. The van der Waals surface area contributed by atoms with Gasteiger partial charge in [0.05, 0.1) is 0 Å². The minimum atomic E-state index is -1.64. The van der Waals surface area contributed by atoms with Crippen molar-refractivity contribution in [1.29, 1.82) is 0 Å². The molecule has 2 rings (SSSR count). The van der Waals surface area contributed by atoms with Crippen molar-refractivity contribution in [2.45, 2.75) is 114 Å². The second kappa shape index (κ2) is 6.12. The van der Waals surface area contributed by atoms with Crippen LogP contribution < -0.4 is 0 Å². The summed E-state index contributed by atoms with van der Waals surface area (Å²) in [5.74, 6) is 0. The summed E-state index contributed by atoms with van der Waals surface area (Å²) in [6, 6.07) is 0. The highest BCUT2D eigenvalue weighted by Gasteiger charge is 2.62. The van der Waals surface area contributed by atoms with Crippen LogP contribution in [0.25, 0.3) is 0 Å². The first kappa shape index (κ1) is 17.7. The Balaban J connectivity index is 2.40. The highest BCUT2D eigenvalue weighted by Crippen LogP contribution is 2.62. The maximum Gasteiger partial charge on any atom is 0.187 e. The van der Waals surface area contributed by atoms with Crippen molar-refractivity contribution in [3.05, 3.63) is 0 Å². The Kier molecular flexibility index (Phi) is 5.17. The molecule has 0 radical (unpaired) electrons. The Morgan fingerprint density at radius 2 is 0.810 bits per heavy atom. The Hall–Kier alpha value is 0.394. The molecule has 2 aliphatic rings. The first-order valence-corrected chi connectivity index (χ1v) is 13.7. The van der Waals surface area contributed by atoms with Gasteiger partial charge in [-0.25, -0.2) is 0 Å². The zero-order valence-corrected chi connectivity index (χ0v) is 17.7. The molecule has 0 bridgehead atoms. The van der Waals surface area contributed by atoms with Gasteiger partial charge in [0.15, 0.2) is 16.6 Å². The van der Waals surface area contributed by atoms with E-state index in [0.717, 1.165) is 33.2 Å². The Morgan fingerprint density at radius 3 is 0.952 bits per heavy atom. The van der Waals surface area contributed by atoms with E-state index in [1.54, 1.807) is 0 Å². The summed E-state index contributed by atoms with van der Waals surface area (Å²) in [6.45, 7) is 19.8. The van der Waals surface area contributed by atoms with E-state index in [1.165, 1.54) is 25.7 Å². The van der Waals surface area contributed by atoms with Crippen LogP contribution in [0.2, 0.25) is 33.2 Å². The van der Waals surface area contributed by atoms with Gasteiger partial charge in [0.1, 0.15) is 0 Å². The van der Waals surface area contributed by atoms with Crippen LogP contribution in [0.5, 0.6) is 0 Å². The topological polar surface area (TPSA) is 9.23 Å². The molecule has 0 aromatic carbocycles. The predicted octanol–water partition coefficient (Wildman–Crippen LogP) is 6.86. The average molecular weight is 327 g/mol. The largest absolute Gasteiger partial charge is 0.454 e. The van der Waals surface area contributed by atoms with Gasteiger partial charge in [-0.15, -0.1) is 0 Å². The van der Waals surface area contributed by atoms with Crippen LogP contribution in [0.1, 0.15) is 81.1 Å². The molecule has 124 valence electrons. The molecular formula is C18H38OSi2. The molecule has 0 aromatic rings. The molecule has 0 aromatic heterocycles. The molecule has 2 fully saturated rings. The number of rotatable bonds is 8. The second-order valence-electron chi connectivity index (χ2n) is 8.98. The van der Waals surface area contributed by atoms with Gasteiger partial charge in [0.25, 0.3) is 0 Å². The molecule has 0 aliphatic heterocycles. The summed E-state index contributed by atoms with van der Waals surface area (Å²) in [7, 11) is -3.28. The molecule has 3 heteroatoms. The van der Waals surface area contributed by atoms with Crippen molar-refractivity contribution < 1.29 is 4.12 Å². The Morgan fingerprint density at radius 1 is 0.571 bits per heavy atom. The average Bonchev–Trinajstić information content (AvgIpc) is 3.22. The first-order valence-electron chi connectivity index (χ1n) is 9.39. The van der Waals surface area contributed by atoms with E-state index in [4.69, 9.17) is 4.12 Å². The standard InChI is InChI=1S/C18H38OSi2/c1-13(2)20(14(3)4,17-9-10-17)19-21(15(5)6,16(7)8)18-11-12-18/h13-18H,9-12H2,1-8H3. The lowest BCUT2D eigenvalue weighted by Gasteiger charge is -2.51. The van der Waals surface area contributed by atoms with Crippen molar-refractivity contribution in [1.82, 2.24) is 0 Å². The van der Waals surface area contributed by atoms with E-state index in [-0.39, 0.29) is 0 Å². The van der Waals surface area contributed by atoms with Crippen LogP contribution in [-0.2, 0) is 4.12 Å². The molecule has 1 nitrogen and oxygen atoms in total. The van der Waals surface area contributed by atoms with Gasteiger partial charge >= 0.3 is 0 Å². The summed E-state index contributed by atoms with van der Waals surface area (Å²) in [6.07, 6.45) is 5.81. The predicted molar refractivity (Wildman–Crippen MR) is 99.0 cm³/mol. The maximum absolute atomic E-state index is 7.60. The summed E-state index contributed by atoms with van der Waals surface area (Å²) in [5, 5.41) is 0. The third kappa shape index (κ3) is 2.95. The third-order valence-electron chi connectivity index (χ3n) is 6.39. The lowest BCUT2D eigenvalue weighted by atomic mass is 10.5. The van der Waals surface area contributed by atoms with Crippen LogP contribution in [0.4, 0.5) is 0 Å². The van der Waals surface area contributed by atoms with E-state index < -0.39 is 16.6 Å². The zero-order valence-electron chi connectivity index (χ0n) is 15.7. The van der Waals surface area contributed by atoms with Gasteiger partial charge in [-0.3, -0.25) is 0 Å². The van der Waals surface area contributed by atoms with Gasteiger partial charge in [0.2, 0.25) is 0 Å². The lowest BCUT2D eigenvalue weighted by molar-refractivity contribution is 0.445. The fourth-order valence-corrected chi connectivity index (χ4v) is 21.4. The molecule has 0 atom stereocenters. The van der Waals surface area contributed by atoms with Crippen molar-refractivity contribution in [3.8, 4) is 0 Å². The number of hydrogen-bond acceptors (Lipinski definition) is 1. The van der Waals surface area contributed by atoms with Crippen molar-refractivity contribution in [2.24, 2.45) is 0 Å². The molecule has 2 saturated carbocycles. The normalized spacial score (nSPS) is 21.1. The third-order valence-corrected chi connectivity index (χ3v) is 20.1. The molecule has 21 heavy (non-hydrogen) atoms. The molecule has 2 aliphatic carbocycles. The van der Waals surface area contributed by atoms with Crippen LogP contribution in [0.3, 0.4) is 0 Å². The van der Waals surface area contributed by atoms with Crippen LogP contribution in [0.15, 0.2) is 0 Å². The molecule has 0 unspecified atom stereocenters. The van der Waals surface area contributed by atoms with E-state index in [2.05, 4.69) is 55.4 Å². The molecule has 0 N–H and O–H groups in total. The summed E-state index contributed by atoms with van der Waals surface area (Å²) >= 11 is 0. The quantitative estimate of drug-likeness (QED) is 0.442. The van der Waals surface area contributed by atoms with E-state index in [9.17, 15) is 0 Å². The van der Waals surface area contributed by atoms with Crippen LogP contribution >= 0.6 is 0 Å².